The van der Waals surface area contributed by atoms with Crippen molar-refractivity contribution in [1.29, 1.82) is 0 Å². The van der Waals surface area contributed by atoms with Gasteiger partial charge in [0.2, 0.25) is 15.9 Å². The van der Waals surface area contributed by atoms with Crippen LogP contribution in [0.4, 0.5) is 11.4 Å². The van der Waals surface area contributed by atoms with Gasteiger partial charge in [0.25, 0.3) is 0 Å². The maximum Gasteiger partial charge on any atom is 0.246 e. The molecule has 0 aliphatic carbocycles. The molecule has 2 rings (SSSR count). The van der Waals surface area contributed by atoms with Crippen molar-refractivity contribution in [2.24, 2.45) is 0 Å². The van der Waals surface area contributed by atoms with Crippen LogP contribution in [-0.4, -0.2) is 45.4 Å². The third-order valence-electron chi connectivity index (χ3n) is 4.16. The van der Waals surface area contributed by atoms with E-state index in [1.165, 1.54) is 20.2 Å². The zero-order chi connectivity index (χ0) is 21.8. The number of nitrogens with one attached hydrogen (secondary N) is 2. The fourth-order valence-corrected chi connectivity index (χ4v) is 4.19. The standard InChI is InChI=1S/C20H26BrN3O4S/c1-6-28-18-10-8-15(12-19(18)29(26,27)24(4)5)22-14(3)20(25)23-17-9-7-13(2)11-16(17)21/h7-12,14,22H,6H2,1-5H3,(H,23,25)/t14-/m0/s1. The first-order valence-corrected chi connectivity index (χ1v) is 11.3. The SMILES string of the molecule is CCOc1ccc(N[C@@H](C)C(=O)Nc2ccc(C)cc2Br)cc1S(=O)(=O)N(C)C. The Labute approximate surface area is 180 Å². The number of hydrogen-bond acceptors (Lipinski definition) is 5. The van der Waals surface area contributed by atoms with Crippen molar-refractivity contribution in [3.05, 3.63) is 46.4 Å². The van der Waals surface area contributed by atoms with E-state index < -0.39 is 16.1 Å². The number of carbonyl (C=O) groups is 1. The number of hydrogen-bond donors (Lipinski definition) is 2. The number of carbonyl (C=O) groups excluding carboxylic acids is 1. The van der Waals surface area contributed by atoms with Gasteiger partial charge in [0.15, 0.2) is 0 Å². The molecular weight excluding hydrogens is 458 g/mol. The molecular formula is C20H26BrN3O4S. The summed E-state index contributed by atoms with van der Waals surface area (Å²) >= 11 is 3.44. The summed E-state index contributed by atoms with van der Waals surface area (Å²) in [5.41, 5.74) is 2.24. The molecule has 7 nitrogen and oxygen atoms in total. The number of ether oxygens (including phenoxy) is 1. The molecule has 1 amide bonds. The van der Waals surface area contributed by atoms with Crippen molar-refractivity contribution >= 4 is 43.2 Å². The highest BCUT2D eigenvalue weighted by Gasteiger charge is 2.24. The van der Waals surface area contributed by atoms with Crippen LogP contribution in [0.2, 0.25) is 0 Å². The highest BCUT2D eigenvalue weighted by Crippen LogP contribution is 2.30. The third-order valence-corrected chi connectivity index (χ3v) is 6.65. The lowest BCUT2D eigenvalue weighted by Gasteiger charge is -2.19. The van der Waals surface area contributed by atoms with Gasteiger partial charge in [0.05, 0.1) is 12.3 Å². The quantitative estimate of drug-likeness (QED) is 0.595. The second-order valence-electron chi connectivity index (χ2n) is 6.72. The number of benzene rings is 2. The van der Waals surface area contributed by atoms with Gasteiger partial charge in [-0.15, -0.1) is 0 Å². The number of nitrogens with zero attached hydrogens (tertiary/aromatic N) is 1. The number of halogens is 1. The van der Waals surface area contributed by atoms with Crippen LogP contribution in [0.1, 0.15) is 19.4 Å². The molecule has 0 saturated heterocycles. The molecule has 1 atom stereocenters. The molecule has 29 heavy (non-hydrogen) atoms. The molecule has 9 heteroatoms. The average Bonchev–Trinajstić information content (AvgIpc) is 2.65. The Hall–Kier alpha value is -2.10. The zero-order valence-electron chi connectivity index (χ0n) is 17.1. The minimum absolute atomic E-state index is 0.0447. The predicted molar refractivity (Wildman–Crippen MR) is 119 cm³/mol. The Kier molecular flexibility index (Phi) is 7.67. The van der Waals surface area contributed by atoms with E-state index in [0.29, 0.717) is 18.0 Å². The Morgan fingerprint density at radius 2 is 1.90 bits per heavy atom. The summed E-state index contributed by atoms with van der Waals surface area (Å²) in [7, 11) is -0.787. The number of sulfonamides is 1. The molecule has 0 heterocycles. The van der Waals surface area contributed by atoms with E-state index in [0.717, 1.165) is 14.3 Å². The lowest BCUT2D eigenvalue weighted by Crippen LogP contribution is -2.32. The monoisotopic (exact) mass is 483 g/mol. The Morgan fingerprint density at radius 1 is 1.21 bits per heavy atom. The van der Waals surface area contributed by atoms with Crippen molar-refractivity contribution in [3.63, 3.8) is 0 Å². The molecule has 158 valence electrons. The first-order chi connectivity index (χ1) is 13.6. The second kappa shape index (κ2) is 9.60. The van der Waals surface area contributed by atoms with E-state index in [2.05, 4.69) is 26.6 Å². The Morgan fingerprint density at radius 3 is 2.48 bits per heavy atom. The Bertz CT molecular complexity index is 993. The summed E-state index contributed by atoms with van der Waals surface area (Å²) in [5, 5.41) is 5.90. The minimum Gasteiger partial charge on any atom is -0.492 e. The number of aryl methyl sites for hydroxylation is 1. The largest absolute Gasteiger partial charge is 0.492 e. The van der Waals surface area contributed by atoms with E-state index in [-0.39, 0.29) is 16.6 Å². The van der Waals surface area contributed by atoms with E-state index in [4.69, 9.17) is 4.74 Å². The van der Waals surface area contributed by atoms with Gasteiger partial charge in [-0.25, -0.2) is 12.7 Å². The van der Waals surface area contributed by atoms with Gasteiger partial charge in [-0.1, -0.05) is 6.07 Å². The number of amides is 1. The van der Waals surface area contributed by atoms with Crippen LogP contribution in [0.5, 0.6) is 5.75 Å². The van der Waals surface area contributed by atoms with Crippen molar-refractivity contribution in [3.8, 4) is 5.75 Å². The normalized spacial score (nSPS) is 12.5. The van der Waals surface area contributed by atoms with Crippen LogP contribution >= 0.6 is 15.9 Å². The topological polar surface area (TPSA) is 87.7 Å². The fraction of sp³-hybridized carbons (Fsp3) is 0.350. The summed E-state index contributed by atoms with van der Waals surface area (Å²) in [6, 6.07) is 9.79. The molecule has 0 aromatic heterocycles. The van der Waals surface area contributed by atoms with Gasteiger partial charge in [-0.2, -0.15) is 0 Å². The summed E-state index contributed by atoms with van der Waals surface area (Å²) < 4.78 is 32.7. The molecule has 0 aliphatic heterocycles. The van der Waals surface area contributed by atoms with Gasteiger partial charge in [0.1, 0.15) is 16.7 Å². The molecule has 0 saturated carbocycles. The van der Waals surface area contributed by atoms with E-state index >= 15 is 0 Å². The summed E-state index contributed by atoms with van der Waals surface area (Å²) in [6.07, 6.45) is 0. The van der Waals surface area contributed by atoms with Crippen LogP contribution in [0.3, 0.4) is 0 Å². The maximum absolute atomic E-state index is 12.6. The minimum atomic E-state index is -3.70. The summed E-state index contributed by atoms with van der Waals surface area (Å²) in [6.45, 7) is 5.79. The molecule has 2 N–H and O–H groups in total. The van der Waals surface area contributed by atoms with Crippen LogP contribution in [0, 0.1) is 6.92 Å². The van der Waals surface area contributed by atoms with E-state index in [1.54, 1.807) is 26.0 Å². The van der Waals surface area contributed by atoms with Crippen LogP contribution in [0.15, 0.2) is 45.8 Å². The maximum atomic E-state index is 12.6. The van der Waals surface area contributed by atoms with Crippen LogP contribution in [0.25, 0.3) is 0 Å². The molecule has 0 bridgehead atoms. The van der Waals surface area contributed by atoms with Crippen LogP contribution < -0.4 is 15.4 Å². The van der Waals surface area contributed by atoms with Crippen molar-refractivity contribution < 1.29 is 17.9 Å². The lowest BCUT2D eigenvalue weighted by molar-refractivity contribution is -0.116. The van der Waals surface area contributed by atoms with Crippen molar-refractivity contribution in [2.75, 3.05) is 31.3 Å². The van der Waals surface area contributed by atoms with Gasteiger partial charge in [-0.05, 0) is 72.6 Å². The summed E-state index contributed by atoms with van der Waals surface area (Å²) in [5.74, 6) is 0.0212. The van der Waals surface area contributed by atoms with Gasteiger partial charge >= 0.3 is 0 Å². The average molecular weight is 484 g/mol. The third kappa shape index (κ3) is 5.71. The second-order valence-corrected chi connectivity index (χ2v) is 9.70. The van der Waals surface area contributed by atoms with Gasteiger partial charge < -0.3 is 15.4 Å². The molecule has 0 fully saturated rings. The lowest BCUT2D eigenvalue weighted by atomic mass is 10.2. The molecule has 0 radical (unpaired) electrons. The molecule has 2 aromatic rings. The highest BCUT2D eigenvalue weighted by atomic mass is 79.9. The zero-order valence-corrected chi connectivity index (χ0v) is 19.5. The highest BCUT2D eigenvalue weighted by molar-refractivity contribution is 9.10. The van der Waals surface area contributed by atoms with Crippen molar-refractivity contribution in [2.45, 2.75) is 31.7 Å². The first-order valence-electron chi connectivity index (χ1n) is 9.09. The van der Waals surface area contributed by atoms with Crippen LogP contribution in [-0.2, 0) is 14.8 Å². The van der Waals surface area contributed by atoms with E-state index in [9.17, 15) is 13.2 Å². The molecule has 0 aliphatic rings. The first kappa shape index (κ1) is 23.2. The fourth-order valence-electron chi connectivity index (χ4n) is 2.55. The van der Waals surface area contributed by atoms with Gasteiger partial charge in [-0.3, -0.25) is 4.79 Å². The number of rotatable bonds is 8. The molecule has 0 spiro atoms. The predicted octanol–water partition coefficient (Wildman–Crippen LogP) is 3.85. The molecule has 2 aromatic carbocycles. The number of anilines is 2. The summed E-state index contributed by atoms with van der Waals surface area (Å²) in [4.78, 5) is 12.6. The van der Waals surface area contributed by atoms with E-state index in [1.807, 2.05) is 25.1 Å². The smallest absolute Gasteiger partial charge is 0.246 e. The van der Waals surface area contributed by atoms with Gasteiger partial charge in [0, 0.05) is 24.3 Å². The molecule has 0 unspecified atom stereocenters. The van der Waals surface area contributed by atoms with Crippen molar-refractivity contribution in [1.82, 2.24) is 4.31 Å². The Balaban J connectivity index is 2.23.